The Kier molecular flexibility index (Phi) is 18.7. The molecule has 4 unspecified atom stereocenters. The Hall–Kier alpha value is -8.36. The normalized spacial score (nSPS) is 16.5. The molecule has 2 fully saturated rings. The van der Waals surface area contributed by atoms with Crippen molar-refractivity contribution in [3.8, 4) is 23.0 Å². The number of hydrogen-bond donors (Lipinski definition) is 0. The van der Waals surface area contributed by atoms with E-state index in [9.17, 15) is 38.4 Å². The molecule has 4 atom stereocenters. The van der Waals surface area contributed by atoms with Crippen molar-refractivity contribution in [3.05, 3.63) is 145 Å². The maximum Gasteiger partial charge on any atom is 0.513 e. The van der Waals surface area contributed by atoms with Crippen molar-refractivity contribution in [2.24, 2.45) is 0 Å². The first-order valence-corrected chi connectivity index (χ1v) is 21.7. The van der Waals surface area contributed by atoms with Crippen molar-refractivity contribution in [1.29, 1.82) is 0 Å². The van der Waals surface area contributed by atoms with Gasteiger partial charge in [0.15, 0.2) is 12.2 Å². The molecule has 70 heavy (non-hydrogen) atoms. The molecular weight excluding hydrogens is 921 g/mol. The number of unbranched alkanes of at least 4 members (excludes halogenated alkanes) is 2. The summed E-state index contributed by atoms with van der Waals surface area (Å²) in [4.78, 5) is 97.6. The second kappa shape index (κ2) is 25.7. The monoisotopic (exact) mass is 966 g/mol. The number of esters is 6. The fourth-order valence-electron chi connectivity index (χ4n) is 6.44. The minimum absolute atomic E-state index is 0.0198. The van der Waals surface area contributed by atoms with Crippen LogP contribution in [-0.4, -0.2) is 112 Å². The zero-order chi connectivity index (χ0) is 49.8. The van der Waals surface area contributed by atoms with E-state index in [4.69, 9.17) is 56.8 Å². The largest absolute Gasteiger partial charge is 0.513 e. The number of benzene rings is 4. The highest BCUT2D eigenvalue weighted by atomic mass is 16.7. The summed E-state index contributed by atoms with van der Waals surface area (Å²) in [5.41, 5.74) is 0.613. The minimum atomic E-state index is -0.945. The summed E-state index contributed by atoms with van der Waals surface area (Å²) in [6.07, 6.45) is -0.999. The van der Waals surface area contributed by atoms with E-state index in [0.717, 1.165) is 12.2 Å². The van der Waals surface area contributed by atoms with Gasteiger partial charge in [-0.2, -0.15) is 0 Å². The van der Waals surface area contributed by atoms with Gasteiger partial charge in [0, 0.05) is 12.2 Å². The lowest BCUT2D eigenvalue weighted by molar-refractivity contribution is -0.138. The van der Waals surface area contributed by atoms with E-state index in [2.05, 4.69) is 13.2 Å². The fourth-order valence-corrected chi connectivity index (χ4v) is 6.44. The average Bonchev–Trinajstić information content (AvgIpc) is 3.96. The molecule has 0 aromatic heterocycles. The van der Waals surface area contributed by atoms with Gasteiger partial charge in [0.1, 0.15) is 35.2 Å². The van der Waals surface area contributed by atoms with E-state index in [1.54, 1.807) is 0 Å². The fraction of sp³-hybridized carbons (Fsp3) is 0.280. The average molecular weight is 967 g/mol. The van der Waals surface area contributed by atoms with E-state index < -0.39 is 72.5 Å². The van der Waals surface area contributed by atoms with E-state index >= 15 is 0 Å². The quantitative estimate of drug-likeness (QED) is 0.0198. The molecule has 2 saturated heterocycles. The molecule has 4 aromatic carbocycles. The van der Waals surface area contributed by atoms with E-state index in [0.29, 0.717) is 25.7 Å². The number of carbonyl (C=O) groups excluding carboxylic acids is 8. The van der Waals surface area contributed by atoms with Gasteiger partial charge in [-0.15, -0.1) is 0 Å². The van der Waals surface area contributed by atoms with Crippen molar-refractivity contribution in [3.63, 3.8) is 0 Å². The van der Waals surface area contributed by atoms with Crippen LogP contribution in [0.5, 0.6) is 23.0 Å². The van der Waals surface area contributed by atoms with Crippen LogP contribution in [0.2, 0.25) is 0 Å². The van der Waals surface area contributed by atoms with Crippen LogP contribution in [0.25, 0.3) is 0 Å². The second-order valence-electron chi connectivity index (χ2n) is 14.9. The van der Waals surface area contributed by atoms with Crippen molar-refractivity contribution in [1.82, 2.24) is 0 Å². The van der Waals surface area contributed by atoms with Crippen LogP contribution in [0.1, 0.15) is 67.1 Å². The molecular formula is C50H46O20. The molecule has 0 N–H and O–H groups in total. The van der Waals surface area contributed by atoms with Gasteiger partial charge >= 0.3 is 48.1 Å². The Balaban J connectivity index is 0.876. The SMILES string of the molecule is C=CC(=O)OCCCCOC(=O)Oc1ccc(C(=O)Oc2ccc(C(=O)OC3COC4C(OC(=O)c5ccc(OC(=O)c6ccc(OC(=O)OCCCCOC(=O)C=C)cc6)cc5)COC34)cc2)cc1. The summed E-state index contributed by atoms with van der Waals surface area (Å²) in [6, 6.07) is 22.4. The Bertz CT molecular complexity index is 2320. The zero-order valence-corrected chi connectivity index (χ0v) is 37.4. The minimum Gasteiger partial charge on any atom is -0.463 e. The van der Waals surface area contributed by atoms with Crippen molar-refractivity contribution in [2.45, 2.75) is 50.1 Å². The van der Waals surface area contributed by atoms with Gasteiger partial charge < -0.3 is 56.8 Å². The third-order valence-corrected chi connectivity index (χ3v) is 10.0. The van der Waals surface area contributed by atoms with Gasteiger partial charge in [0.2, 0.25) is 0 Å². The maximum atomic E-state index is 13.1. The summed E-state index contributed by atoms with van der Waals surface area (Å²) in [5.74, 6) is -3.35. The highest BCUT2D eigenvalue weighted by Gasteiger charge is 2.51. The Morgan fingerprint density at radius 1 is 0.414 bits per heavy atom. The first-order chi connectivity index (χ1) is 33.9. The Morgan fingerprint density at radius 2 is 0.700 bits per heavy atom. The molecule has 0 radical (unpaired) electrons. The van der Waals surface area contributed by atoms with Crippen LogP contribution in [0, 0.1) is 0 Å². The number of carbonyl (C=O) groups is 8. The highest BCUT2D eigenvalue weighted by Crippen LogP contribution is 2.32. The van der Waals surface area contributed by atoms with E-state index in [1.807, 2.05) is 0 Å². The predicted molar refractivity (Wildman–Crippen MR) is 238 cm³/mol. The third kappa shape index (κ3) is 15.3. The van der Waals surface area contributed by atoms with Gasteiger partial charge in [-0.05, 0) is 123 Å². The molecule has 0 saturated carbocycles. The lowest BCUT2D eigenvalue weighted by Gasteiger charge is -2.17. The molecule has 4 aromatic rings. The number of ether oxygens (including phenoxy) is 12. The van der Waals surface area contributed by atoms with Crippen molar-refractivity contribution >= 4 is 48.1 Å². The Labute approximate surface area is 399 Å². The molecule has 20 heteroatoms. The molecule has 2 heterocycles. The number of hydrogen-bond acceptors (Lipinski definition) is 20. The van der Waals surface area contributed by atoms with Crippen molar-refractivity contribution in [2.75, 3.05) is 39.6 Å². The van der Waals surface area contributed by atoms with Gasteiger partial charge in [-0.3, -0.25) is 0 Å². The zero-order valence-electron chi connectivity index (χ0n) is 37.4. The highest BCUT2D eigenvalue weighted by molar-refractivity contribution is 5.93. The van der Waals surface area contributed by atoms with Gasteiger partial charge in [-0.1, -0.05) is 13.2 Å². The third-order valence-electron chi connectivity index (χ3n) is 10.0. The van der Waals surface area contributed by atoms with Crippen LogP contribution in [0.3, 0.4) is 0 Å². The van der Waals surface area contributed by atoms with Crippen LogP contribution in [0.4, 0.5) is 9.59 Å². The molecule has 2 aliphatic rings. The molecule has 2 aliphatic heterocycles. The molecule has 0 aliphatic carbocycles. The number of rotatable bonds is 22. The molecule has 0 amide bonds. The number of fused-ring (bicyclic) bond motifs is 1. The Morgan fingerprint density at radius 3 is 1.01 bits per heavy atom. The standard InChI is InChI=1S/C50H46O20/c1-3-41(51)59-25-5-7-27-61-49(57)67-37-21-13-31(14-22-37)45(53)65-35-17-9-33(10-18-35)47(55)69-39-29-63-44-40(30-64-43(39)44)70-48(56)34-11-19-36(20-12-34)66-46(54)32-15-23-38(24-16-32)68-50(58)62-28-8-6-26-60-42(52)4-2/h3-4,9-24,39-40,43-44H,1-2,5-8,25-30H2. The van der Waals surface area contributed by atoms with Crippen LogP contribution in [0.15, 0.2) is 122 Å². The lowest BCUT2D eigenvalue weighted by atomic mass is 10.1. The van der Waals surface area contributed by atoms with Gasteiger partial charge in [0.25, 0.3) is 0 Å². The maximum absolute atomic E-state index is 13.1. The lowest BCUT2D eigenvalue weighted by Crippen LogP contribution is -2.36. The van der Waals surface area contributed by atoms with Crippen LogP contribution >= 0.6 is 0 Å². The summed E-state index contributed by atoms with van der Waals surface area (Å²) in [5, 5.41) is 0. The van der Waals surface area contributed by atoms with Gasteiger partial charge in [-0.25, -0.2) is 38.4 Å². The molecule has 0 spiro atoms. The van der Waals surface area contributed by atoms with Crippen LogP contribution in [-0.2, 0) is 47.5 Å². The smallest absolute Gasteiger partial charge is 0.463 e. The van der Waals surface area contributed by atoms with Crippen molar-refractivity contribution < 1.29 is 95.2 Å². The molecule has 0 bridgehead atoms. The topological polar surface area (TPSA) is 247 Å². The molecule has 6 rings (SSSR count). The summed E-state index contributed by atoms with van der Waals surface area (Å²) in [7, 11) is 0. The first kappa shape index (κ1) is 51.0. The van der Waals surface area contributed by atoms with Crippen LogP contribution < -0.4 is 18.9 Å². The van der Waals surface area contributed by atoms with Gasteiger partial charge in [0.05, 0.1) is 61.9 Å². The first-order valence-electron chi connectivity index (χ1n) is 21.7. The summed E-state index contributed by atoms with van der Waals surface area (Å²) >= 11 is 0. The molecule has 20 nitrogen and oxygen atoms in total. The van der Waals surface area contributed by atoms with E-state index in [1.165, 1.54) is 97.1 Å². The molecule has 366 valence electrons. The van der Waals surface area contributed by atoms with E-state index in [-0.39, 0.29) is 84.9 Å². The summed E-state index contributed by atoms with van der Waals surface area (Å²) < 4.78 is 63.7. The second-order valence-corrected chi connectivity index (χ2v) is 14.9. The predicted octanol–water partition coefficient (Wildman–Crippen LogP) is 6.72. The summed E-state index contributed by atoms with van der Waals surface area (Å²) in [6.45, 7) is 6.98.